The summed E-state index contributed by atoms with van der Waals surface area (Å²) in [5, 5.41) is 1.11. The van der Waals surface area contributed by atoms with Crippen molar-refractivity contribution in [2.45, 2.75) is 74.7 Å². The molecule has 0 amide bonds. The van der Waals surface area contributed by atoms with Crippen LogP contribution in [0.2, 0.25) is 0 Å². The van der Waals surface area contributed by atoms with Crippen LogP contribution in [0.1, 0.15) is 87.1 Å². The lowest BCUT2D eigenvalue weighted by atomic mass is 9.98. The maximum atomic E-state index is 13.0. The molecule has 1 atom stereocenters. The molecule has 0 radical (unpaired) electrons. The van der Waals surface area contributed by atoms with Crippen molar-refractivity contribution in [2.75, 3.05) is 43.6 Å². The van der Waals surface area contributed by atoms with Crippen molar-refractivity contribution in [2.24, 2.45) is 0 Å². The van der Waals surface area contributed by atoms with Gasteiger partial charge in [0, 0.05) is 117 Å². The minimum atomic E-state index is -4.04. The van der Waals surface area contributed by atoms with Gasteiger partial charge in [0.15, 0.2) is 75.3 Å². The van der Waals surface area contributed by atoms with Crippen molar-refractivity contribution in [3.8, 4) is 27.9 Å². The number of ether oxygens (including phenoxy) is 1. The molecule has 0 saturated carbocycles. The molecule has 10 rings (SSSR count). The first-order chi connectivity index (χ1) is 35.4. The fourth-order valence-corrected chi connectivity index (χ4v) is 9.80. The van der Waals surface area contributed by atoms with Gasteiger partial charge in [0.2, 0.25) is 5.69 Å². The van der Waals surface area contributed by atoms with E-state index in [2.05, 4.69) is 146 Å². The number of anilines is 2. The quantitative estimate of drug-likeness (QED) is 0.0373. The number of fused-ring (bicyclic) bond motifs is 2. The average molecular weight is 1060 g/mol. The number of cyclic esters (lactones) is 1. The van der Waals surface area contributed by atoms with Gasteiger partial charge >= 0.3 is 13.6 Å². The van der Waals surface area contributed by atoms with E-state index in [1.807, 2.05) is 87.5 Å². The first-order valence-corrected chi connectivity index (χ1v) is 26.4. The molecule has 13 nitrogen and oxygen atoms in total. The third kappa shape index (κ3) is 14.3. The first kappa shape index (κ1) is 58.3. The Morgan fingerprint density at radius 3 is 1.75 bits per heavy atom. The Labute approximate surface area is 455 Å². The molecule has 0 saturated heterocycles. The summed E-state index contributed by atoms with van der Waals surface area (Å²) >= 11 is 0. The van der Waals surface area contributed by atoms with E-state index in [1.165, 1.54) is 5.56 Å². The zero-order valence-electron chi connectivity index (χ0n) is 41.3. The van der Waals surface area contributed by atoms with Gasteiger partial charge in [0.1, 0.15) is 17.5 Å². The molecule has 0 spiro atoms. The molecule has 3 aromatic carbocycles. The number of nitrogens with zero attached hydrogens (tertiary/aromatic N) is 8. The van der Waals surface area contributed by atoms with Crippen LogP contribution < -0.4 is 28.1 Å². The Morgan fingerprint density at radius 1 is 0.623 bits per heavy atom. The second-order valence-electron chi connectivity index (χ2n) is 19.0. The Kier molecular flexibility index (Phi) is 19.5. The van der Waals surface area contributed by atoms with Gasteiger partial charge in [0.05, 0.1) is 11.1 Å². The predicted octanol–water partition coefficient (Wildman–Crippen LogP) is 10.7. The van der Waals surface area contributed by atoms with Gasteiger partial charge in [-0.05, 0) is 101 Å². The van der Waals surface area contributed by atoms with E-state index >= 15 is 0 Å². The number of carbonyl (C=O) groups excluding carboxylic acids is 1. The number of esters is 1. The second kappa shape index (κ2) is 25.7. The number of carbonyl (C=O) groups is 1. The highest BCUT2D eigenvalue weighted by atomic mass is 31.2. The van der Waals surface area contributed by atoms with E-state index in [4.69, 9.17) is 14.7 Å². The van der Waals surface area contributed by atoms with Crippen LogP contribution in [0.5, 0.6) is 0 Å². The summed E-state index contributed by atoms with van der Waals surface area (Å²) in [7, 11) is 2.06. The molecule has 77 heavy (non-hydrogen) atoms. The van der Waals surface area contributed by atoms with Gasteiger partial charge in [-0.25, -0.2) is 14.3 Å². The maximum Gasteiger partial charge on any atom is 0.339 e. The minimum absolute atomic E-state index is 0. The summed E-state index contributed by atoms with van der Waals surface area (Å²) in [5.41, 5.74) is 14.2. The summed E-state index contributed by atoms with van der Waals surface area (Å²) in [6.07, 6.45) is 20.5. The Bertz CT molecular complexity index is 3440. The minimum Gasteiger partial charge on any atom is -0.449 e. The molecule has 14 heteroatoms. The zero-order valence-corrected chi connectivity index (χ0v) is 42.2. The van der Waals surface area contributed by atoms with Gasteiger partial charge < -0.3 is 24.3 Å². The molecule has 2 N–H and O–H groups in total. The Balaban J connectivity index is 0.00000240. The smallest absolute Gasteiger partial charge is 0.339 e. The lowest BCUT2D eigenvalue weighted by Gasteiger charge is -2.20. The van der Waals surface area contributed by atoms with E-state index in [-0.39, 0.29) is 54.5 Å². The van der Waals surface area contributed by atoms with Crippen LogP contribution in [0.3, 0.4) is 0 Å². The lowest BCUT2D eigenvalue weighted by molar-refractivity contribution is -0.692. The molecule has 1 unspecified atom stereocenters. The van der Waals surface area contributed by atoms with E-state index in [0.717, 1.165) is 98.5 Å². The molecular weight excluding hydrogens is 980 g/mol. The monoisotopic (exact) mass is 1050 g/mol. The summed E-state index contributed by atoms with van der Waals surface area (Å²) in [6.45, 7) is 2.41. The molecule has 398 valence electrons. The highest BCUT2D eigenvalue weighted by Gasteiger charge is 2.33. The molecular formula is C63H75N8O5P+4. The topological polar surface area (TPSA) is 132 Å². The van der Waals surface area contributed by atoms with Crippen molar-refractivity contribution in [1.82, 2.24) is 9.97 Å². The van der Waals surface area contributed by atoms with E-state index in [0.29, 0.717) is 18.7 Å². The van der Waals surface area contributed by atoms with E-state index < -0.39 is 7.60 Å². The normalized spacial score (nSPS) is 12.5. The Morgan fingerprint density at radius 2 is 1.18 bits per heavy atom. The third-order valence-corrected chi connectivity index (χ3v) is 14.3. The summed E-state index contributed by atoms with van der Waals surface area (Å²) in [4.78, 5) is 45.3. The standard InChI is InChI=1S/C59H57N8O5P.4CH4/c1-62(2)52-12-10-48(11-13-52)58-55-16-14-53(39-56(55)59(68)72-58)63(3)26-5-4-7-43-37-49-38-54(15-17-57(49)60-40-43)67-33-24-47(25-34-67)46-22-31-66(32-23-46)42-51-9-6-8-50(61-51)41-65-29-20-45(21-30-65)44-18-27-64(28-19-44)35-36-73(69,70)71;;;;/h6,8-25,27-34,37-40,58H,4-5,7,26,35-36,41-42H2,1-3H3;4*1H4/q+2;;;;/p+2. The molecule has 0 fully saturated rings. The van der Waals surface area contributed by atoms with Crippen molar-refractivity contribution in [3.63, 3.8) is 0 Å². The average Bonchev–Trinajstić information content (AvgIpc) is 3.75. The van der Waals surface area contributed by atoms with Crippen LogP contribution in [-0.4, -0.2) is 59.6 Å². The predicted molar refractivity (Wildman–Crippen MR) is 308 cm³/mol. The lowest BCUT2D eigenvalue weighted by Crippen LogP contribution is -2.35. The van der Waals surface area contributed by atoms with Gasteiger partial charge in [-0.2, -0.15) is 13.7 Å². The third-order valence-electron chi connectivity index (χ3n) is 13.5. The van der Waals surface area contributed by atoms with Gasteiger partial charge in [-0.1, -0.05) is 54.0 Å². The second-order valence-corrected chi connectivity index (χ2v) is 20.8. The number of hydrogen-bond acceptors (Lipinski definition) is 7. The Hall–Kier alpha value is -7.96. The number of aromatic nitrogens is 6. The van der Waals surface area contributed by atoms with Crippen LogP contribution in [0, 0.1) is 0 Å². The van der Waals surface area contributed by atoms with Gasteiger partial charge in [0.25, 0.3) is 0 Å². The highest BCUT2D eigenvalue weighted by molar-refractivity contribution is 7.51. The van der Waals surface area contributed by atoms with Crippen LogP contribution in [0.4, 0.5) is 11.4 Å². The molecule has 7 heterocycles. The number of unbranched alkanes of at least 4 members (excludes halogenated alkanes) is 1. The molecule has 6 aromatic heterocycles. The molecule has 0 aliphatic carbocycles. The van der Waals surface area contributed by atoms with Crippen molar-refractivity contribution < 1.29 is 42.2 Å². The molecule has 1 aliphatic rings. The molecule has 0 bridgehead atoms. The van der Waals surface area contributed by atoms with Gasteiger partial charge in [-0.3, -0.25) is 9.55 Å². The number of aryl methyl sites for hydroxylation is 2. The van der Waals surface area contributed by atoms with Crippen molar-refractivity contribution in [3.05, 3.63) is 223 Å². The summed E-state index contributed by atoms with van der Waals surface area (Å²) in [6, 6.07) is 45.7. The van der Waals surface area contributed by atoms with Crippen LogP contribution in [0.25, 0.3) is 38.8 Å². The first-order valence-electron chi connectivity index (χ1n) is 24.6. The maximum absolute atomic E-state index is 13.0. The van der Waals surface area contributed by atoms with E-state index in [9.17, 15) is 19.1 Å². The van der Waals surface area contributed by atoms with Crippen molar-refractivity contribution in [1.29, 1.82) is 0 Å². The summed E-state index contributed by atoms with van der Waals surface area (Å²) < 4.78 is 25.2. The number of rotatable bonds is 18. The fraction of sp³-hybridized carbons (Fsp3) is 0.254. The SMILES string of the molecule is C.C.C.C.CN(C)c1ccc(C2OC(=O)c3cc(N(C)CCCCc4cnc5ccc(-[n+]6ccc(-c7cc[n+](Cc8cccc(C[n+]9ccc(-c%10cc[n+](CCP(=O)(O)O)cc%10)cc9)n8)cc7)cc6)cc5c4)ccc32)cc1. The highest BCUT2D eigenvalue weighted by Crippen LogP contribution is 2.38. The molecule has 9 aromatic rings. The van der Waals surface area contributed by atoms with Crippen LogP contribution in [0.15, 0.2) is 189 Å². The zero-order chi connectivity index (χ0) is 50.5. The fourth-order valence-electron chi connectivity index (χ4n) is 9.31. The van der Waals surface area contributed by atoms with Crippen molar-refractivity contribution >= 4 is 35.8 Å². The number of pyridine rings is 6. The molecule has 1 aliphatic heterocycles. The summed E-state index contributed by atoms with van der Waals surface area (Å²) in [5.74, 6) is -0.273. The number of hydrogen-bond donors (Lipinski definition) is 2. The van der Waals surface area contributed by atoms with Crippen LogP contribution in [-0.2, 0) is 35.4 Å². The number of benzene rings is 3. The van der Waals surface area contributed by atoms with Crippen LogP contribution >= 0.6 is 7.60 Å². The van der Waals surface area contributed by atoms with Gasteiger partial charge in [-0.15, -0.1) is 0 Å². The van der Waals surface area contributed by atoms with E-state index in [1.54, 1.807) is 4.57 Å². The largest absolute Gasteiger partial charge is 0.449 e.